The standard InChI is InChI=1S/C29H36N2O4S2.2ClH/c1-22-28(11-15-32)36-20-30(22)13-17-34-26-7-3-24(4-8-26)19-25-5-9-27(10-6-25)35-18-14-31-21-37-29(12-16-33)23(31)2;;/h3-10,20-21,32-33H,11-19H2,1-2H3;2*1H/q+2;;/p-2. The molecule has 0 fully saturated rings. The van der Waals surface area contributed by atoms with Gasteiger partial charge in [-0.25, -0.2) is 0 Å². The van der Waals surface area contributed by atoms with Crippen LogP contribution in [0.15, 0.2) is 59.6 Å². The van der Waals surface area contributed by atoms with Gasteiger partial charge >= 0.3 is 0 Å². The van der Waals surface area contributed by atoms with Crippen LogP contribution in [-0.4, -0.2) is 36.6 Å². The minimum atomic E-state index is 0. The first-order valence-electron chi connectivity index (χ1n) is 12.7. The maximum atomic E-state index is 9.16. The van der Waals surface area contributed by atoms with E-state index in [0.29, 0.717) is 26.1 Å². The summed E-state index contributed by atoms with van der Waals surface area (Å²) in [7, 11) is 0. The average Bonchev–Trinajstić information content (AvgIpc) is 3.43. The largest absolute Gasteiger partial charge is 1.00 e. The van der Waals surface area contributed by atoms with Crippen LogP contribution in [0.4, 0.5) is 0 Å². The van der Waals surface area contributed by atoms with Crippen molar-refractivity contribution >= 4 is 22.7 Å². The van der Waals surface area contributed by atoms with Crippen LogP contribution in [0.1, 0.15) is 32.3 Å². The van der Waals surface area contributed by atoms with E-state index in [1.54, 1.807) is 22.7 Å². The lowest BCUT2D eigenvalue weighted by molar-refractivity contribution is -0.699. The third kappa shape index (κ3) is 9.45. The zero-order chi connectivity index (χ0) is 26.0. The molecule has 0 bridgehead atoms. The SMILES string of the molecule is Cc1c(CCO)sc[n+]1CCOc1ccc(Cc2ccc(OCC[n+]3csc(CCO)c3C)cc2)cc1.[Cl-].[Cl-]. The van der Waals surface area contributed by atoms with E-state index in [9.17, 15) is 0 Å². The van der Waals surface area contributed by atoms with Gasteiger partial charge < -0.3 is 44.5 Å². The van der Waals surface area contributed by atoms with Crippen LogP contribution in [-0.2, 0) is 32.4 Å². The number of ether oxygens (including phenoxy) is 2. The molecule has 10 heteroatoms. The van der Waals surface area contributed by atoms with Gasteiger partial charge in [0.2, 0.25) is 11.0 Å². The molecule has 0 saturated heterocycles. The molecule has 2 N–H and O–H groups in total. The highest BCUT2D eigenvalue weighted by atomic mass is 35.5. The summed E-state index contributed by atoms with van der Waals surface area (Å²) < 4.78 is 16.3. The van der Waals surface area contributed by atoms with Gasteiger partial charge in [0.15, 0.2) is 24.5 Å². The van der Waals surface area contributed by atoms with E-state index >= 15 is 0 Å². The third-order valence-corrected chi connectivity index (χ3v) is 8.74. The molecule has 0 amide bonds. The molecule has 2 aromatic carbocycles. The maximum absolute atomic E-state index is 9.16. The summed E-state index contributed by atoms with van der Waals surface area (Å²) in [4.78, 5) is 2.46. The Balaban J connectivity index is 0.00000267. The van der Waals surface area contributed by atoms with E-state index in [4.69, 9.17) is 19.7 Å². The van der Waals surface area contributed by atoms with Gasteiger partial charge in [-0.2, -0.15) is 9.13 Å². The number of nitrogens with zero attached hydrogens (tertiary/aromatic N) is 2. The molecule has 0 atom stereocenters. The number of aromatic nitrogens is 2. The van der Waals surface area contributed by atoms with Gasteiger partial charge in [-0.05, 0) is 41.8 Å². The summed E-state index contributed by atoms with van der Waals surface area (Å²) >= 11 is 3.38. The fourth-order valence-electron chi connectivity index (χ4n) is 4.19. The van der Waals surface area contributed by atoms with Gasteiger partial charge in [-0.3, -0.25) is 0 Å². The zero-order valence-corrected chi connectivity index (χ0v) is 25.5. The average molecular weight is 612 g/mol. The zero-order valence-electron chi connectivity index (χ0n) is 22.3. The number of thiazole rings is 2. The molecule has 39 heavy (non-hydrogen) atoms. The van der Waals surface area contributed by atoms with Crippen molar-refractivity contribution in [2.45, 2.75) is 46.2 Å². The topological polar surface area (TPSA) is 66.7 Å². The highest BCUT2D eigenvalue weighted by molar-refractivity contribution is 7.09. The number of aliphatic hydroxyl groups excluding tert-OH is 2. The number of halogens is 2. The molecule has 0 spiro atoms. The smallest absolute Gasteiger partial charge is 0.225 e. The quantitative estimate of drug-likeness (QED) is 0.160. The summed E-state index contributed by atoms with van der Waals surface area (Å²) in [5.74, 6) is 1.75. The highest BCUT2D eigenvalue weighted by Gasteiger charge is 2.15. The van der Waals surface area contributed by atoms with Gasteiger partial charge in [0.1, 0.15) is 24.7 Å². The van der Waals surface area contributed by atoms with Crippen LogP contribution in [0.25, 0.3) is 0 Å². The lowest BCUT2D eigenvalue weighted by Crippen LogP contribution is -3.00. The van der Waals surface area contributed by atoms with Crippen LogP contribution < -0.4 is 43.4 Å². The molecule has 0 aliphatic carbocycles. The van der Waals surface area contributed by atoms with Crippen LogP contribution in [0.3, 0.4) is 0 Å². The molecule has 0 radical (unpaired) electrons. The maximum Gasteiger partial charge on any atom is 0.225 e. The number of aliphatic hydroxyl groups is 2. The van der Waals surface area contributed by atoms with Crippen LogP contribution in [0.5, 0.6) is 11.5 Å². The van der Waals surface area contributed by atoms with Crippen molar-refractivity contribution in [2.24, 2.45) is 0 Å². The summed E-state index contributed by atoms with van der Waals surface area (Å²) in [6.45, 7) is 7.35. The minimum absolute atomic E-state index is 0. The lowest BCUT2D eigenvalue weighted by atomic mass is 10.0. The van der Waals surface area contributed by atoms with Gasteiger partial charge in [0.05, 0.1) is 9.75 Å². The fourth-order valence-corrected chi connectivity index (χ4v) is 6.22. The summed E-state index contributed by atoms with van der Waals surface area (Å²) in [5.41, 5.74) is 9.09. The number of hydrogen-bond donors (Lipinski definition) is 2. The molecule has 2 heterocycles. The van der Waals surface area contributed by atoms with Crippen molar-refractivity contribution in [1.29, 1.82) is 0 Å². The molecular weight excluding hydrogens is 575 g/mol. The first-order valence-corrected chi connectivity index (χ1v) is 14.4. The lowest BCUT2D eigenvalue weighted by Gasteiger charge is -2.08. The monoisotopic (exact) mass is 610 g/mol. The van der Waals surface area contributed by atoms with Crippen molar-refractivity contribution in [2.75, 3.05) is 26.4 Å². The summed E-state index contributed by atoms with van der Waals surface area (Å²) in [5, 5.41) is 18.3. The van der Waals surface area contributed by atoms with E-state index in [0.717, 1.165) is 31.0 Å². The predicted octanol–water partition coefficient (Wildman–Crippen LogP) is -2.17. The molecule has 212 valence electrons. The molecule has 4 aromatic rings. The van der Waals surface area contributed by atoms with Crippen LogP contribution in [0.2, 0.25) is 0 Å². The molecular formula is C29H36Cl2N2O4S2. The van der Waals surface area contributed by atoms with Crippen LogP contribution >= 0.6 is 22.7 Å². The number of benzene rings is 2. The van der Waals surface area contributed by atoms with E-state index in [1.807, 2.05) is 24.3 Å². The second kappa shape index (κ2) is 16.8. The highest BCUT2D eigenvalue weighted by Crippen LogP contribution is 2.18. The fraction of sp³-hybridized carbons (Fsp3) is 0.379. The first-order chi connectivity index (χ1) is 18.1. The second-order valence-corrected chi connectivity index (χ2v) is 10.8. The van der Waals surface area contributed by atoms with Crippen molar-refractivity contribution in [3.05, 3.63) is 91.8 Å². The Bertz CT molecular complexity index is 1160. The van der Waals surface area contributed by atoms with Crippen molar-refractivity contribution in [3.63, 3.8) is 0 Å². The molecule has 0 aliphatic rings. The van der Waals surface area contributed by atoms with Crippen molar-refractivity contribution in [3.8, 4) is 11.5 Å². The van der Waals surface area contributed by atoms with Gasteiger partial charge in [0, 0.05) is 39.9 Å². The Morgan fingerprint density at radius 3 is 1.38 bits per heavy atom. The van der Waals surface area contributed by atoms with E-state index in [-0.39, 0.29) is 38.0 Å². The molecule has 0 unspecified atom stereocenters. The van der Waals surface area contributed by atoms with Gasteiger partial charge in [0.25, 0.3) is 0 Å². The minimum Gasteiger partial charge on any atom is -1.00 e. The van der Waals surface area contributed by atoms with E-state index in [2.05, 4.69) is 58.3 Å². The number of hydrogen-bond acceptors (Lipinski definition) is 6. The predicted molar refractivity (Wildman–Crippen MR) is 147 cm³/mol. The Morgan fingerprint density at radius 2 is 1.03 bits per heavy atom. The Morgan fingerprint density at radius 1 is 0.641 bits per heavy atom. The van der Waals surface area contributed by atoms with Gasteiger partial charge in [-0.15, -0.1) is 0 Å². The van der Waals surface area contributed by atoms with E-state index < -0.39 is 0 Å². The molecule has 6 nitrogen and oxygen atoms in total. The molecule has 4 rings (SSSR count). The first kappa shape index (κ1) is 33.0. The Hall–Kier alpha value is -2.20. The van der Waals surface area contributed by atoms with Crippen molar-refractivity contribution < 1.29 is 53.6 Å². The van der Waals surface area contributed by atoms with Gasteiger partial charge in [-0.1, -0.05) is 46.9 Å². The molecule has 0 aliphatic heterocycles. The summed E-state index contributed by atoms with van der Waals surface area (Å²) in [6, 6.07) is 16.6. The molecule has 0 saturated carbocycles. The van der Waals surface area contributed by atoms with E-state index in [1.165, 1.54) is 32.3 Å². The normalized spacial score (nSPS) is 10.6. The number of rotatable bonds is 14. The molecule has 2 aromatic heterocycles. The second-order valence-electron chi connectivity index (χ2n) is 8.96. The Labute approximate surface area is 251 Å². The summed E-state index contributed by atoms with van der Waals surface area (Å²) in [6.07, 6.45) is 2.28. The van der Waals surface area contributed by atoms with Crippen LogP contribution in [0, 0.1) is 13.8 Å². The third-order valence-electron chi connectivity index (χ3n) is 6.45. The Kier molecular flexibility index (Phi) is 14.2. The van der Waals surface area contributed by atoms with Crippen molar-refractivity contribution in [1.82, 2.24) is 0 Å².